The molecule has 2 heterocycles. The predicted octanol–water partition coefficient (Wildman–Crippen LogP) is 1.31. The average Bonchev–Trinajstić information content (AvgIpc) is 2.50. The highest BCUT2D eigenvalue weighted by atomic mass is 16.4. The number of carbonyl (C=O) groups is 1. The lowest BCUT2D eigenvalue weighted by Crippen LogP contribution is -2.38. The predicted molar refractivity (Wildman–Crippen MR) is 70.1 cm³/mol. The van der Waals surface area contributed by atoms with Crippen molar-refractivity contribution in [2.24, 2.45) is 0 Å². The molecule has 1 N–H and O–H groups in total. The zero-order valence-electron chi connectivity index (χ0n) is 10.8. The van der Waals surface area contributed by atoms with Gasteiger partial charge in [-0.3, -0.25) is 4.98 Å². The van der Waals surface area contributed by atoms with Crippen molar-refractivity contribution in [3.05, 3.63) is 24.0 Å². The standard InChI is InChI=1S/C13H19N3O2/c1-10-9-15(2)6-3-7-16(10)12-8-14-5-4-11(12)13(17)18/h4-5,8,10H,3,6-7,9H2,1-2H3,(H,17,18). The highest BCUT2D eigenvalue weighted by Gasteiger charge is 2.23. The van der Waals surface area contributed by atoms with Crippen LogP contribution >= 0.6 is 0 Å². The summed E-state index contributed by atoms with van der Waals surface area (Å²) in [6.07, 6.45) is 4.22. The second kappa shape index (κ2) is 5.35. The molecule has 0 aliphatic carbocycles. The van der Waals surface area contributed by atoms with Crippen molar-refractivity contribution in [3.8, 4) is 0 Å². The van der Waals surface area contributed by atoms with E-state index in [1.54, 1.807) is 12.3 Å². The fraction of sp³-hybridized carbons (Fsp3) is 0.538. The van der Waals surface area contributed by atoms with Crippen LogP contribution in [0.25, 0.3) is 0 Å². The van der Waals surface area contributed by atoms with E-state index in [0.717, 1.165) is 31.7 Å². The maximum atomic E-state index is 11.3. The van der Waals surface area contributed by atoms with E-state index < -0.39 is 5.97 Å². The van der Waals surface area contributed by atoms with Crippen molar-refractivity contribution in [1.82, 2.24) is 9.88 Å². The zero-order chi connectivity index (χ0) is 13.1. The van der Waals surface area contributed by atoms with Crippen molar-refractivity contribution in [2.45, 2.75) is 19.4 Å². The third-order valence-corrected chi connectivity index (χ3v) is 3.39. The molecule has 1 atom stereocenters. The van der Waals surface area contributed by atoms with Crippen LogP contribution in [0.2, 0.25) is 0 Å². The lowest BCUT2D eigenvalue weighted by molar-refractivity contribution is 0.0697. The molecule has 1 aliphatic rings. The molecule has 1 aliphatic heterocycles. The Kier molecular flexibility index (Phi) is 3.81. The smallest absolute Gasteiger partial charge is 0.337 e. The van der Waals surface area contributed by atoms with Gasteiger partial charge in [-0.2, -0.15) is 0 Å². The minimum atomic E-state index is -0.891. The maximum absolute atomic E-state index is 11.3. The summed E-state index contributed by atoms with van der Waals surface area (Å²) in [7, 11) is 2.10. The number of aromatic carboxylic acids is 1. The van der Waals surface area contributed by atoms with Crippen molar-refractivity contribution < 1.29 is 9.90 Å². The molecule has 1 aromatic rings. The summed E-state index contributed by atoms with van der Waals surface area (Å²) in [6.45, 7) is 4.98. The fourth-order valence-electron chi connectivity index (χ4n) is 2.53. The largest absolute Gasteiger partial charge is 0.478 e. The number of pyridine rings is 1. The molecule has 18 heavy (non-hydrogen) atoms. The summed E-state index contributed by atoms with van der Waals surface area (Å²) < 4.78 is 0. The molecule has 5 heteroatoms. The first-order chi connectivity index (χ1) is 8.59. The van der Waals surface area contributed by atoms with Gasteiger partial charge in [0, 0.05) is 25.3 Å². The Morgan fingerprint density at radius 1 is 1.50 bits per heavy atom. The molecular formula is C13H19N3O2. The molecule has 0 spiro atoms. The summed E-state index contributed by atoms with van der Waals surface area (Å²) in [4.78, 5) is 19.8. The van der Waals surface area contributed by atoms with Crippen LogP contribution in [0.15, 0.2) is 18.5 Å². The highest BCUT2D eigenvalue weighted by molar-refractivity contribution is 5.94. The third kappa shape index (κ3) is 2.61. The fourth-order valence-corrected chi connectivity index (χ4v) is 2.53. The van der Waals surface area contributed by atoms with E-state index in [-0.39, 0.29) is 0 Å². The second-order valence-corrected chi connectivity index (χ2v) is 4.86. The molecule has 2 rings (SSSR count). The molecule has 0 aromatic carbocycles. The summed E-state index contributed by atoms with van der Waals surface area (Å²) in [6, 6.07) is 1.86. The number of rotatable bonds is 2. The van der Waals surface area contributed by atoms with E-state index in [9.17, 15) is 9.90 Å². The summed E-state index contributed by atoms with van der Waals surface area (Å²) in [5.74, 6) is -0.891. The number of likely N-dealkylation sites (N-methyl/N-ethyl adjacent to an activating group) is 1. The topological polar surface area (TPSA) is 56.7 Å². The number of anilines is 1. The molecule has 98 valence electrons. The Hall–Kier alpha value is -1.62. The van der Waals surface area contributed by atoms with E-state index in [1.807, 2.05) is 0 Å². The lowest BCUT2D eigenvalue weighted by atomic mass is 10.1. The number of carboxylic acids is 1. The molecule has 1 saturated heterocycles. The van der Waals surface area contributed by atoms with Gasteiger partial charge in [-0.05, 0) is 33.0 Å². The van der Waals surface area contributed by atoms with E-state index >= 15 is 0 Å². The van der Waals surface area contributed by atoms with Gasteiger partial charge in [0.15, 0.2) is 0 Å². The molecule has 5 nitrogen and oxygen atoms in total. The van der Waals surface area contributed by atoms with Crippen LogP contribution in [-0.2, 0) is 0 Å². The van der Waals surface area contributed by atoms with Gasteiger partial charge < -0.3 is 14.9 Å². The first-order valence-electron chi connectivity index (χ1n) is 6.22. The molecule has 1 aromatic heterocycles. The van der Waals surface area contributed by atoms with Crippen LogP contribution in [-0.4, -0.2) is 53.7 Å². The Morgan fingerprint density at radius 2 is 2.28 bits per heavy atom. The van der Waals surface area contributed by atoms with E-state index in [1.165, 1.54) is 6.20 Å². The molecule has 0 amide bonds. The van der Waals surface area contributed by atoms with Crippen molar-refractivity contribution in [2.75, 3.05) is 31.6 Å². The van der Waals surface area contributed by atoms with Crippen molar-refractivity contribution in [3.63, 3.8) is 0 Å². The minimum Gasteiger partial charge on any atom is -0.478 e. The normalized spacial score (nSPS) is 21.7. The van der Waals surface area contributed by atoms with Crippen LogP contribution in [0.1, 0.15) is 23.7 Å². The van der Waals surface area contributed by atoms with E-state index in [0.29, 0.717) is 11.6 Å². The van der Waals surface area contributed by atoms with Crippen molar-refractivity contribution >= 4 is 11.7 Å². The number of carboxylic acid groups (broad SMARTS) is 1. The van der Waals surface area contributed by atoms with E-state index in [2.05, 4.69) is 28.8 Å². The molecule has 0 radical (unpaired) electrons. The third-order valence-electron chi connectivity index (χ3n) is 3.39. The quantitative estimate of drug-likeness (QED) is 0.856. The van der Waals surface area contributed by atoms with Crippen LogP contribution in [0.4, 0.5) is 5.69 Å². The molecule has 0 saturated carbocycles. The van der Waals surface area contributed by atoms with Gasteiger partial charge in [-0.1, -0.05) is 0 Å². The number of aromatic nitrogens is 1. The van der Waals surface area contributed by atoms with Crippen LogP contribution < -0.4 is 4.90 Å². The molecule has 0 bridgehead atoms. The summed E-state index contributed by atoms with van der Waals surface area (Å²) in [5, 5.41) is 9.24. The van der Waals surface area contributed by atoms with Crippen LogP contribution in [0, 0.1) is 0 Å². The lowest BCUT2D eigenvalue weighted by Gasteiger charge is -2.30. The summed E-state index contributed by atoms with van der Waals surface area (Å²) >= 11 is 0. The number of nitrogens with zero attached hydrogens (tertiary/aromatic N) is 3. The van der Waals surface area contributed by atoms with Gasteiger partial charge >= 0.3 is 5.97 Å². The van der Waals surface area contributed by atoms with Crippen LogP contribution in [0.5, 0.6) is 0 Å². The average molecular weight is 249 g/mol. The number of hydrogen-bond donors (Lipinski definition) is 1. The summed E-state index contributed by atoms with van der Waals surface area (Å²) in [5.41, 5.74) is 1.06. The minimum absolute atomic E-state index is 0.291. The van der Waals surface area contributed by atoms with E-state index in [4.69, 9.17) is 0 Å². The highest BCUT2D eigenvalue weighted by Crippen LogP contribution is 2.23. The Balaban J connectivity index is 2.32. The Bertz CT molecular complexity index is 436. The monoisotopic (exact) mass is 249 g/mol. The maximum Gasteiger partial charge on any atom is 0.337 e. The van der Waals surface area contributed by atoms with Gasteiger partial charge in [0.25, 0.3) is 0 Å². The second-order valence-electron chi connectivity index (χ2n) is 4.86. The first kappa shape index (κ1) is 12.8. The van der Waals surface area contributed by atoms with Crippen molar-refractivity contribution in [1.29, 1.82) is 0 Å². The van der Waals surface area contributed by atoms with Crippen LogP contribution in [0.3, 0.4) is 0 Å². The Labute approximate surface area is 107 Å². The van der Waals surface area contributed by atoms with Gasteiger partial charge in [0.2, 0.25) is 0 Å². The Morgan fingerprint density at radius 3 is 3.00 bits per heavy atom. The van der Waals surface area contributed by atoms with Gasteiger partial charge in [-0.25, -0.2) is 4.79 Å². The van der Waals surface area contributed by atoms with Gasteiger partial charge in [-0.15, -0.1) is 0 Å². The zero-order valence-corrected chi connectivity index (χ0v) is 10.8. The molecule has 1 fully saturated rings. The van der Waals surface area contributed by atoms with Gasteiger partial charge in [0.05, 0.1) is 17.4 Å². The SMILES string of the molecule is CC1CN(C)CCCN1c1cnccc1C(=O)O. The first-order valence-corrected chi connectivity index (χ1v) is 6.22. The molecular weight excluding hydrogens is 230 g/mol. The van der Waals surface area contributed by atoms with Gasteiger partial charge in [0.1, 0.15) is 0 Å². The number of hydrogen-bond acceptors (Lipinski definition) is 4. The molecule has 1 unspecified atom stereocenters.